The van der Waals surface area contributed by atoms with Gasteiger partial charge in [-0.1, -0.05) is 6.07 Å². The van der Waals surface area contributed by atoms with Crippen LogP contribution in [0.3, 0.4) is 0 Å². The zero-order chi connectivity index (χ0) is 18.9. The zero-order valence-corrected chi connectivity index (χ0v) is 15.3. The molecule has 0 fully saturated rings. The smallest absolute Gasteiger partial charge is 0.120 e. The number of hydrogen-bond acceptors (Lipinski definition) is 5. The predicted molar refractivity (Wildman–Crippen MR) is 108 cm³/mol. The number of aryl methyl sites for hydroxylation is 3. The van der Waals surface area contributed by atoms with E-state index in [1.54, 1.807) is 18.3 Å². The number of nitrogens with zero attached hydrogens (tertiary/aromatic N) is 2. The van der Waals surface area contributed by atoms with Crippen molar-refractivity contribution in [2.75, 3.05) is 23.3 Å². The van der Waals surface area contributed by atoms with E-state index in [-0.39, 0.29) is 5.75 Å². The lowest BCUT2D eigenvalue weighted by molar-refractivity contribution is 0.471. The molecular formula is C20H27N5O. The van der Waals surface area contributed by atoms with Crippen molar-refractivity contribution >= 4 is 17.1 Å². The van der Waals surface area contributed by atoms with Gasteiger partial charge in [-0.3, -0.25) is 0 Å². The molecule has 1 heterocycles. The number of benzene rings is 2. The van der Waals surface area contributed by atoms with Gasteiger partial charge in [0.1, 0.15) is 5.75 Å². The van der Waals surface area contributed by atoms with Gasteiger partial charge in [0.05, 0.1) is 6.33 Å². The Balaban J connectivity index is 0.000000228. The van der Waals surface area contributed by atoms with Gasteiger partial charge in [0.25, 0.3) is 0 Å². The van der Waals surface area contributed by atoms with Crippen LogP contribution in [0.25, 0.3) is 0 Å². The van der Waals surface area contributed by atoms with Gasteiger partial charge in [-0.15, -0.1) is 0 Å². The highest BCUT2D eigenvalue weighted by Gasteiger charge is 1.96. The van der Waals surface area contributed by atoms with Gasteiger partial charge in [0.2, 0.25) is 0 Å². The zero-order valence-electron chi connectivity index (χ0n) is 15.3. The minimum atomic E-state index is 0.259. The third kappa shape index (κ3) is 6.05. The van der Waals surface area contributed by atoms with Crippen LogP contribution in [0.5, 0.6) is 5.75 Å². The molecule has 0 aliphatic rings. The van der Waals surface area contributed by atoms with E-state index in [1.807, 2.05) is 38.5 Å². The fourth-order valence-electron chi connectivity index (χ4n) is 2.33. The van der Waals surface area contributed by atoms with Gasteiger partial charge in [-0.2, -0.15) is 0 Å². The minimum Gasteiger partial charge on any atom is -0.508 e. The minimum absolute atomic E-state index is 0.259. The number of nitrogen functional groups attached to an aromatic ring is 2. The van der Waals surface area contributed by atoms with Gasteiger partial charge in [0, 0.05) is 48.6 Å². The molecule has 2 aromatic carbocycles. The second-order valence-corrected chi connectivity index (χ2v) is 6.20. The molecule has 0 aliphatic heterocycles. The number of imidazole rings is 1. The van der Waals surface area contributed by atoms with Crippen LogP contribution in [0.2, 0.25) is 0 Å². The Morgan fingerprint density at radius 3 is 2.50 bits per heavy atom. The number of aromatic hydroxyl groups is 1. The lowest BCUT2D eigenvalue weighted by Crippen LogP contribution is -2.06. The first kappa shape index (κ1) is 19.2. The van der Waals surface area contributed by atoms with E-state index < -0.39 is 0 Å². The van der Waals surface area contributed by atoms with Crippen LogP contribution in [-0.4, -0.2) is 21.2 Å². The summed E-state index contributed by atoms with van der Waals surface area (Å²) >= 11 is 0. The summed E-state index contributed by atoms with van der Waals surface area (Å²) in [5, 5.41) is 12.4. The summed E-state index contributed by atoms with van der Waals surface area (Å²) in [7, 11) is 0. The van der Waals surface area contributed by atoms with Crippen LogP contribution in [0.15, 0.2) is 55.1 Å². The largest absolute Gasteiger partial charge is 0.508 e. The molecule has 0 bridgehead atoms. The maximum Gasteiger partial charge on any atom is 0.120 e. The monoisotopic (exact) mass is 353 g/mol. The van der Waals surface area contributed by atoms with E-state index in [4.69, 9.17) is 16.6 Å². The molecule has 26 heavy (non-hydrogen) atoms. The summed E-state index contributed by atoms with van der Waals surface area (Å²) in [4.78, 5) is 4.01. The van der Waals surface area contributed by atoms with Crippen LogP contribution >= 0.6 is 0 Å². The Morgan fingerprint density at radius 1 is 1.08 bits per heavy atom. The number of nitrogens with two attached hydrogens (primary N) is 2. The molecule has 3 rings (SSSR count). The molecule has 0 saturated heterocycles. The Morgan fingerprint density at radius 2 is 1.88 bits per heavy atom. The van der Waals surface area contributed by atoms with Gasteiger partial charge in [-0.05, 0) is 55.7 Å². The van der Waals surface area contributed by atoms with Crippen LogP contribution in [-0.2, 0) is 6.54 Å². The number of phenols is 1. The van der Waals surface area contributed by atoms with E-state index in [2.05, 4.69) is 20.9 Å². The number of nitrogens with one attached hydrogen (secondary N) is 1. The van der Waals surface area contributed by atoms with Crippen LogP contribution < -0.4 is 16.8 Å². The first-order valence-electron chi connectivity index (χ1n) is 8.56. The van der Waals surface area contributed by atoms with Crippen molar-refractivity contribution in [3.63, 3.8) is 0 Å². The summed E-state index contributed by atoms with van der Waals surface area (Å²) in [5.74, 6) is 0.259. The lowest BCUT2D eigenvalue weighted by atomic mass is 10.2. The quantitative estimate of drug-likeness (QED) is 0.415. The predicted octanol–water partition coefficient (Wildman–Crippen LogP) is 3.56. The molecule has 0 aliphatic carbocycles. The molecule has 0 amide bonds. The standard InChI is InChI=1S/C13H18N4.C7H9NO/c1-11-9-12(3-4-13(11)14)16-5-2-7-17-8-6-15-10-17;1-5-2-3-6(8)4-7(5)9/h3-4,6,8-10,16H,2,5,7,14H2,1H3;2-4,9H,8H2,1H3. The van der Waals surface area contributed by atoms with Gasteiger partial charge in [-0.25, -0.2) is 4.98 Å². The molecular weight excluding hydrogens is 326 g/mol. The molecule has 0 spiro atoms. The molecule has 6 heteroatoms. The van der Waals surface area contributed by atoms with Crippen LogP contribution in [0.4, 0.5) is 17.1 Å². The molecule has 6 N–H and O–H groups in total. The second-order valence-electron chi connectivity index (χ2n) is 6.20. The third-order valence-electron chi connectivity index (χ3n) is 3.98. The number of aromatic nitrogens is 2. The highest BCUT2D eigenvalue weighted by molar-refractivity contribution is 5.56. The van der Waals surface area contributed by atoms with Crippen molar-refractivity contribution in [2.24, 2.45) is 0 Å². The molecule has 0 radical (unpaired) electrons. The summed E-state index contributed by atoms with van der Waals surface area (Å²) in [6, 6.07) is 11.1. The van der Waals surface area contributed by atoms with Crippen LogP contribution in [0, 0.1) is 13.8 Å². The summed E-state index contributed by atoms with van der Waals surface area (Å²) in [6.07, 6.45) is 6.69. The van der Waals surface area contributed by atoms with Crippen molar-refractivity contribution in [3.8, 4) is 5.75 Å². The maximum absolute atomic E-state index is 9.02. The van der Waals surface area contributed by atoms with Crippen molar-refractivity contribution in [2.45, 2.75) is 26.8 Å². The van der Waals surface area contributed by atoms with Crippen LogP contribution in [0.1, 0.15) is 17.5 Å². The molecule has 1 aromatic heterocycles. The van der Waals surface area contributed by atoms with Gasteiger partial charge in [0.15, 0.2) is 0 Å². The average molecular weight is 353 g/mol. The molecule has 0 atom stereocenters. The number of phenolic OH excluding ortho intramolecular Hbond substituents is 1. The SMILES string of the molecule is Cc1cc(NCCCn2ccnc2)ccc1N.Cc1ccc(N)cc1O. The Kier molecular flexibility index (Phi) is 6.91. The Hall–Kier alpha value is -3.15. The van der Waals surface area contributed by atoms with Crippen molar-refractivity contribution in [3.05, 3.63) is 66.2 Å². The maximum atomic E-state index is 9.02. The number of anilines is 3. The number of rotatable bonds is 5. The summed E-state index contributed by atoms with van der Waals surface area (Å²) in [6.45, 7) is 5.78. The average Bonchev–Trinajstić information content (AvgIpc) is 3.12. The summed E-state index contributed by atoms with van der Waals surface area (Å²) in [5.41, 5.74) is 15.7. The fourth-order valence-corrected chi connectivity index (χ4v) is 2.33. The molecule has 0 saturated carbocycles. The van der Waals surface area contributed by atoms with Crippen molar-refractivity contribution in [1.82, 2.24) is 9.55 Å². The first-order valence-corrected chi connectivity index (χ1v) is 8.56. The highest BCUT2D eigenvalue weighted by atomic mass is 16.3. The highest BCUT2D eigenvalue weighted by Crippen LogP contribution is 2.18. The molecule has 6 nitrogen and oxygen atoms in total. The molecule has 0 unspecified atom stereocenters. The second kappa shape index (κ2) is 9.36. The van der Waals surface area contributed by atoms with Crippen molar-refractivity contribution in [1.29, 1.82) is 0 Å². The normalized spacial score (nSPS) is 10.1. The lowest BCUT2D eigenvalue weighted by Gasteiger charge is -2.08. The third-order valence-corrected chi connectivity index (χ3v) is 3.98. The van der Waals surface area contributed by atoms with Gasteiger partial charge < -0.3 is 26.5 Å². The topological polar surface area (TPSA) is 102 Å². The molecule has 138 valence electrons. The van der Waals surface area contributed by atoms with E-state index in [0.29, 0.717) is 5.69 Å². The Bertz CT molecular complexity index is 815. The summed E-state index contributed by atoms with van der Waals surface area (Å²) < 4.78 is 2.08. The first-order chi connectivity index (χ1) is 12.5. The van der Waals surface area contributed by atoms with Crippen molar-refractivity contribution < 1.29 is 5.11 Å². The van der Waals surface area contributed by atoms with E-state index in [9.17, 15) is 0 Å². The molecule has 3 aromatic rings. The van der Waals surface area contributed by atoms with E-state index in [1.165, 1.54) is 6.07 Å². The Labute approximate surface area is 154 Å². The van der Waals surface area contributed by atoms with E-state index >= 15 is 0 Å². The van der Waals surface area contributed by atoms with E-state index in [0.717, 1.165) is 42.0 Å². The fraction of sp³-hybridized carbons (Fsp3) is 0.250. The van der Waals surface area contributed by atoms with Gasteiger partial charge >= 0.3 is 0 Å². The number of hydrogen-bond donors (Lipinski definition) is 4.